The predicted octanol–water partition coefficient (Wildman–Crippen LogP) is 3.50. The second kappa shape index (κ2) is 6.26. The fourth-order valence-electron chi connectivity index (χ4n) is 4.43. The van der Waals surface area contributed by atoms with Crippen molar-refractivity contribution in [1.82, 2.24) is 0 Å². The van der Waals surface area contributed by atoms with Crippen LogP contribution in [0.4, 0.5) is 11.4 Å². The number of methoxy groups -OCH3 is 1. The standard InChI is InChI=1S/C18H22N2O7/c1-17(2)13-8-15(26-4)18(3,9-14(13)17)27-16(21)10-5-11(19(22)23)7-12(6-10)20(24)25/h5-7,13-15H,8-9H2,1-4H3/t13-,14-,15+,18+/m0/s1. The van der Waals surface area contributed by atoms with Crippen LogP contribution in [0.3, 0.4) is 0 Å². The highest BCUT2D eigenvalue weighted by molar-refractivity contribution is 5.91. The molecule has 1 aromatic carbocycles. The van der Waals surface area contributed by atoms with Crippen LogP contribution in [0.5, 0.6) is 0 Å². The number of benzene rings is 1. The van der Waals surface area contributed by atoms with Crippen molar-refractivity contribution in [2.75, 3.05) is 7.11 Å². The number of carbonyl (C=O) groups excluding carboxylic acids is 1. The molecular weight excluding hydrogens is 356 g/mol. The van der Waals surface area contributed by atoms with Crippen LogP contribution in [0.2, 0.25) is 0 Å². The van der Waals surface area contributed by atoms with Crippen LogP contribution in [0.25, 0.3) is 0 Å². The van der Waals surface area contributed by atoms with Crippen LogP contribution in [-0.4, -0.2) is 34.6 Å². The van der Waals surface area contributed by atoms with Crippen LogP contribution < -0.4 is 0 Å². The van der Waals surface area contributed by atoms with E-state index in [2.05, 4.69) is 13.8 Å². The van der Waals surface area contributed by atoms with Crippen LogP contribution >= 0.6 is 0 Å². The molecule has 1 aromatic rings. The monoisotopic (exact) mass is 378 g/mol. The average molecular weight is 378 g/mol. The van der Waals surface area contributed by atoms with Crippen molar-refractivity contribution < 1.29 is 24.1 Å². The van der Waals surface area contributed by atoms with Gasteiger partial charge in [0.1, 0.15) is 5.60 Å². The van der Waals surface area contributed by atoms with Gasteiger partial charge in [-0.25, -0.2) is 4.79 Å². The Morgan fingerprint density at radius 2 is 1.63 bits per heavy atom. The van der Waals surface area contributed by atoms with Gasteiger partial charge in [-0.2, -0.15) is 0 Å². The van der Waals surface area contributed by atoms with Crippen molar-refractivity contribution in [2.24, 2.45) is 17.3 Å². The van der Waals surface area contributed by atoms with Crippen LogP contribution in [0.15, 0.2) is 18.2 Å². The largest absolute Gasteiger partial charge is 0.453 e. The molecule has 0 bridgehead atoms. The second-order valence-corrected chi connectivity index (χ2v) is 8.15. The van der Waals surface area contributed by atoms with E-state index in [9.17, 15) is 25.0 Å². The van der Waals surface area contributed by atoms with Gasteiger partial charge in [0.05, 0.1) is 27.6 Å². The number of nitro groups is 2. The van der Waals surface area contributed by atoms with Crippen molar-refractivity contribution in [3.8, 4) is 0 Å². The van der Waals surface area contributed by atoms with Gasteiger partial charge in [-0.3, -0.25) is 20.2 Å². The Morgan fingerprint density at radius 1 is 1.07 bits per heavy atom. The zero-order valence-electron chi connectivity index (χ0n) is 15.6. The lowest BCUT2D eigenvalue weighted by Gasteiger charge is -2.39. The number of non-ortho nitro benzene ring substituents is 2. The van der Waals surface area contributed by atoms with Crippen LogP contribution in [0, 0.1) is 37.5 Å². The summed E-state index contributed by atoms with van der Waals surface area (Å²) in [5.41, 5.74) is -2.02. The van der Waals surface area contributed by atoms with E-state index in [0.717, 1.165) is 24.6 Å². The molecule has 146 valence electrons. The summed E-state index contributed by atoms with van der Waals surface area (Å²) in [4.78, 5) is 33.2. The first-order valence-corrected chi connectivity index (χ1v) is 8.69. The lowest BCUT2D eigenvalue weighted by molar-refractivity contribution is -0.394. The maximum Gasteiger partial charge on any atom is 0.339 e. The minimum absolute atomic E-state index is 0.158. The fraction of sp³-hybridized carbons (Fsp3) is 0.611. The number of nitrogens with zero attached hydrogens (tertiary/aromatic N) is 2. The summed E-state index contributed by atoms with van der Waals surface area (Å²) >= 11 is 0. The molecule has 2 aliphatic carbocycles. The highest BCUT2D eigenvalue weighted by Gasteiger charge is 2.65. The van der Waals surface area contributed by atoms with Gasteiger partial charge in [-0.05, 0) is 37.0 Å². The van der Waals surface area contributed by atoms with E-state index >= 15 is 0 Å². The maximum absolute atomic E-state index is 12.7. The molecule has 0 unspecified atom stereocenters. The number of rotatable bonds is 5. The number of nitro benzene ring substituents is 2. The highest BCUT2D eigenvalue weighted by Crippen LogP contribution is 2.67. The first-order chi connectivity index (χ1) is 12.5. The number of hydrogen-bond acceptors (Lipinski definition) is 7. The highest BCUT2D eigenvalue weighted by atomic mass is 16.6. The molecule has 9 heteroatoms. The van der Waals surface area contributed by atoms with E-state index in [1.54, 1.807) is 14.0 Å². The van der Waals surface area contributed by atoms with Crippen molar-refractivity contribution in [3.05, 3.63) is 44.0 Å². The Labute approximate surface area is 155 Å². The zero-order chi connectivity index (χ0) is 20.1. The third kappa shape index (κ3) is 3.27. The number of carbonyl (C=O) groups is 1. The van der Waals surface area contributed by atoms with Crippen LogP contribution in [0.1, 0.15) is 44.0 Å². The lowest BCUT2D eigenvalue weighted by Crippen LogP contribution is -2.47. The summed E-state index contributed by atoms with van der Waals surface area (Å²) in [7, 11) is 1.56. The van der Waals surface area contributed by atoms with Gasteiger partial charge in [0.25, 0.3) is 11.4 Å². The molecule has 0 N–H and O–H groups in total. The van der Waals surface area contributed by atoms with Gasteiger partial charge in [-0.1, -0.05) is 13.8 Å². The topological polar surface area (TPSA) is 122 Å². The minimum atomic E-state index is -0.903. The van der Waals surface area contributed by atoms with E-state index in [4.69, 9.17) is 9.47 Å². The van der Waals surface area contributed by atoms with Gasteiger partial charge < -0.3 is 9.47 Å². The normalized spacial score (nSPS) is 30.9. The van der Waals surface area contributed by atoms with Gasteiger partial charge >= 0.3 is 5.97 Å². The molecule has 0 amide bonds. The fourth-order valence-corrected chi connectivity index (χ4v) is 4.43. The Hall–Kier alpha value is -2.55. The van der Waals surface area contributed by atoms with Crippen molar-refractivity contribution in [3.63, 3.8) is 0 Å². The molecule has 0 saturated heterocycles. The average Bonchev–Trinajstić information content (AvgIpc) is 3.11. The number of ether oxygens (including phenoxy) is 2. The van der Waals surface area contributed by atoms with Crippen LogP contribution in [-0.2, 0) is 9.47 Å². The SMILES string of the molecule is CO[C@@H]1C[C@H]2[C@H](C[C@@]1(C)OC(=O)c1cc([N+](=O)[O-])cc([N+](=O)[O-])c1)C2(C)C. The molecule has 27 heavy (non-hydrogen) atoms. The summed E-state index contributed by atoms with van der Waals surface area (Å²) in [5.74, 6) is 0.0810. The summed E-state index contributed by atoms with van der Waals surface area (Å²) < 4.78 is 11.3. The summed E-state index contributed by atoms with van der Waals surface area (Å²) in [6.45, 7) is 6.13. The van der Waals surface area contributed by atoms with E-state index in [1.807, 2.05) is 0 Å². The molecule has 4 atom stereocenters. The Bertz CT molecular complexity index is 790. The van der Waals surface area contributed by atoms with E-state index in [0.29, 0.717) is 18.3 Å². The number of hydrogen-bond donors (Lipinski definition) is 0. The summed E-state index contributed by atoms with van der Waals surface area (Å²) in [6, 6.07) is 2.80. The second-order valence-electron chi connectivity index (χ2n) is 8.15. The minimum Gasteiger partial charge on any atom is -0.453 e. The number of esters is 1. The third-order valence-electron chi connectivity index (χ3n) is 6.23. The Morgan fingerprint density at radius 3 is 2.11 bits per heavy atom. The molecule has 2 saturated carbocycles. The predicted molar refractivity (Wildman–Crippen MR) is 94.4 cm³/mol. The molecular formula is C18H22N2O7. The molecule has 0 heterocycles. The molecule has 0 aromatic heterocycles. The van der Waals surface area contributed by atoms with Gasteiger partial charge in [0, 0.05) is 19.2 Å². The zero-order valence-corrected chi connectivity index (χ0v) is 15.6. The molecule has 2 fully saturated rings. The number of fused-ring (bicyclic) bond motifs is 1. The third-order valence-corrected chi connectivity index (χ3v) is 6.23. The Kier molecular flexibility index (Phi) is 4.46. The molecule has 9 nitrogen and oxygen atoms in total. The molecule has 0 aliphatic heterocycles. The lowest BCUT2D eigenvalue weighted by atomic mass is 9.83. The first-order valence-electron chi connectivity index (χ1n) is 8.69. The molecule has 2 aliphatic rings. The van der Waals surface area contributed by atoms with Gasteiger partial charge in [0.15, 0.2) is 0 Å². The molecule has 0 radical (unpaired) electrons. The maximum atomic E-state index is 12.7. The van der Waals surface area contributed by atoms with Gasteiger partial charge in [-0.15, -0.1) is 0 Å². The quantitative estimate of drug-likeness (QED) is 0.436. The molecule has 0 spiro atoms. The van der Waals surface area contributed by atoms with E-state index < -0.39 is 32.8 Å². The van der Waals surface area contributed by atoms with Gasteiger partial charge in [0.2, 0.25) is 0 Å². The smallest absolute Gasteiger partial charge is 0.339 e. The Balaban J connectivity index is 1.88. The summed E-state index contributed by atoms with van der Waals surface area (Å²) in [5, 5.41) is 22.1. The van der Waals surface area contributed by atoms with E-state index in [1.165, 1.54) is 0 Å². The first kappa shape index (κ1) is 19.2. The van der Waals surface area contributed by atoms with Crippen molar-refractivity contribution >= 4 is 17.3 Å². The summed E-state index contributed by atoms with van der Waals surface area (Å²) in [6.07, 6.45) is 1.07. The van der Waals surface area contributed by atoms with Crippen molar-refractivity contribution in [2.45, 2.75) is 45.3 Å². The van der Waals surface area contributed by atoms with E-state index in [-0.39, 0.29) is 17.1 Å². The molecule has 3 rings (SSSR count). The van der Waals surface area contributed by atoms with Crippen molar-refractivity contribution in [1.29, 1.82) is 0 Å².